The van der Waals surface area contributed by atoms with E-state index < -0.39 is 12.1 Å². The molecule has 1 aromatic rings. The molecule has 0 aliphatic carbocycles. The van der Waals surface area contributed by atoms with Crippen molar-refractivity contribution in [3.8, 4) is 0 Å². The molecule has 8 heteroatoms. The van der Waals surface area contributed by atoms with Gasteiger partial charge in [-0.3, -0.25) is 0 Å². The minimum atomic E-state index is -0.815. The molecule has 8 nitrogen and oxygen atoms in total. The van der Waals surface area contributed by atoms with Crippen molar-refractivity contribution < 1.29 is 9.59 Å². The maximum atomic E-state index is 11.1. The third kappa shape index (κ3) is 2.50. The maximum absolute atomic E-state index is 11.1. The van der Waals surface area contributed by atoms with Crippen LogP contribution in [0, 0.1) is 0 Å². The van der Waals surface area contributed by atoms with Gasteiger partial charge in [-0.05, 0) is 18.6 Å². The Morgan fingerprint density at radius 3 is 1.72 bits per heavy atom. The lowest BCUT2D eigenvalue weighted by Crippen LogP contribution is -2.44. The number of urea groups is 2. The van der Waals surface area contributed by atoms with Gasteiger partial charge in [-0.1, -0.05) is 13.0 Å². The minimum Gasteiger partial charge on any atom is -0.350 e. The minimum absolute atomic E-state index is 0.374. The molecular weight excluding hydrogens is 236 g/mol. The van der Waals surface area contributed by atoms with Crippen molar-refractivity contribution >= 4 is 23.4 Å². The summed E-state index contributed by atoms with van der Waals surface area (Å²) >= 11 is 0. The first-order valence-electron chi connectivity index (χ1n) is 5.20. The number of primary amides is 2. The zero-order valence-corrected chi connectivity index (χ0v) is 9.96. The molecular formula is C10H16N6O2. The third-order valence-corrected chi connectivity index (χ3v) is 2.47. The van der Waals surface area contributed by atoms with Gasteiger partial charge in [0.05, 0.1) is 11.4 Å². The van der Waals surface area contributed by atoms with Crippen molar-refractivity contribution in [1.82, 2.24) is 0 Å². The fraction of sp³-hybridized carbons (Fsp3) is 0.200. The number of anilines is 2. The summed E-state index contributed by atoms with van der Waals surface area (Å²) in [6, 6.07) is 3.16. The fourth-order valence-electron chi connectivity index (χ4n) is 1.61. The number of hydrogen-bond donors (Lipinski definition) is 4. The number of amides is 4. The number of carbonyl (C=O) groups excluding carboxylic acids is 2. The van der Waals surface area contributed by atoms with Crippen molar-refractivity contribution in [1.29, 1.82) is 0 Å². The summed E-state index contributed by atoms with van der Waals surface area (Å²) in [7, 11) is 0. The van der Waals surface area contributed by atoms with Crippen molar-refractivity contribution in [3.05, 3.63) is 23.8 Å². The van der Waals surface area contributed by atoms with Gasteiger partial charge >= 0.3 is 12.1 Å². The van der Waals surface area contributed by atoms with Crippen molar-refractivity contribution in [2.75, 3.05) is 10.0 Å². The van der Waals surface area contributed by atoms with E-state index in [2.05, 4.69) is 0 Å². The van der Waals surface area contributed by atoms with Crippen LogP contribution in [-0.2, 0) is 6.42 Å². The lowest BCUT2D eigenvalue weighted by atomic mass is 10.1. The summed E-state index contributed by atoms with van der Waals surface area (Å²) in [5, 5.41) is 1.58. The van der Waals surface area contributed by atoms with E-state index in [0.717, 1.165) is 10.0 Å². The summed E-state index contributed by atoms with van der Waals surface area (Å²) < 4.78 is 0. The maximum Gasteiger partial charge on any atom is 0.333 e. The van der Waals surface area contributed by atoms with E-state index in [4.69, 9.17) is 23.2 Å². The van der Waals surface area contributed by atoms with Gasteiger partial charge in [0.15, 0.2) is 0 Å². The summed E-state index contributed by atoms with van der Waals surface area (Å²) in [4.78, 5) is 22.1. The smallest absolute Gasteiger partial charge is 0.333 e. The highest BCUT2D eigenvalue weighted by Crippen LogP contribution is 2.28. The first-order chi connectivity index (χ1) is 8.40. The second-order valence-corrected chi connectivity index (χ2v) is 3.54. The van der Waals surface area contributed by atoms with Gasteiger partial charge in [0.1, 0.15) is 0 Å². The van der Waals surface area contributed by atoms with Crippen LogP contribution in [0.1, 0.15) is 12.5 Å². The molecule has 4 amide bonds. The number of nitrogens with two attached hydrogens (primary N) is 4. The second-order valence-electron chi connectivity index (χ2n) is 3.54. The number of carbonyl (C=O) groups is 2. The van der Waals surface area contributed by atoms with E-state index in [1.165, 1.54) is 0 Å². The third-order valence-electron chi connectivity index (χ3n) is 2.47. The molecule has 0 bridgehead atoms. The van der Waals surface area contributed by atoms with Crippen molar-refractivity contribution in [2.24, 2.45) is 23.2 Å². The molecule has 0 radical (unpaired) electrons. The monoisotopic (exact) mass is 252 g/mol. The number of benzene rings is 1. The van der Waals surface area contributed by atoms with Gasteiger partial charge in [0.25, 0.3) is 0 Å². The Morgan fingerprint density at radius 2 is 1.44 bits per heavy atom. The molecule has 0 saturated carbocycles. The molecule has 1 aromatic carbocycles. The molecule has 0 heterocycles. The largest absolute Gasteiger partial charge is 0.350 e. The summed E-state index contributed by atoms with van der Waals surface area (Å²) in [6.45, 7) is 1.83. The molecule has 0 spiro atoms. The Balaban J connectivity index is 3.34. The lowest BCUT2D eigenvalue weighted by Gasteiger charge is -2.23. The average molecular weight is 252 g/mol. The van der Waals surface area contributed by atoms with Gasteiger partial charge < -0.3 is 11.5 Å². The summed E-state index contributed by atoms with van der Waals surface area (Å²) in [6.07, 6.45) is 0.494. The van der Waals surface area contributed by atoms with Crippen molar-refractivity contribution in [2.45, 2.75) is 13.3 Å². The first-order valence-corrected chi connectivity index (χ1v) is 5.20. The Morgan fingerprint density at radius 1 is 1.06 bits per heavy atom. The highest BCUT2D eigenvalue weighted by molar-refractivity contribution is 5.95. The van der Waals surface area contributed by atoms with Crippen LogP contribution in [0.5, 0.6) is 0 Å². The van der Waals surface area contributed by atoms with Crippen LogP contribution < -0.4 is 33.2 Å². The van der Waals surface area contributed by atoms with Crippen LogP contribution in [0.15, 0.2) is 18.2 Å². The standard InChI is InChI=1S/C10H16N6O2/c1-2-6-7(15(13)9(11)17)4-3-5-8(6)16(14)10(12)18/h3-5H,2,13-14H2,1H3,(H2,11,17)(H2,12,18). The highest BCUT2D eigenvalue weighted by Gasteiger charge is 2.18. The molecule has 98 valence electrons. The number of rotatable bonds is 3. The van der Waals surface area contributed by atoms with Gasteiger partial charge in [0, 0.05) is 5.56 Å². The van der Waals surface area contributed by atoms with E-state index in [1.54, 1.807) is 18.2 Å². The van der Waals surface area contributed by atoms with E-state index in [1.807, 2.05) is 6.92 Å². The molecule has 18 heavy (non-hydrogen) atoms. The van der Waals surface area contributed by atoms with Crippen LogP contribution in [-0.4, -0.2) is 12.1 Å². The van der Waals surface area contributed by atoms with Crippen LogP contribution in [0.2, 0.25) is 0 Å². The zero-order chi connectivity index (χ0) is 13.9. The lowest BCUT2D eigenvalue weighted by molar-refractivity contribution is 0.253. The molecule has 1 rings (SSSR count). The molecule has 0 aliphatic rings. The summed E-state index contributed by atoms with van der Waals surface area (Å²) in [5.74, 6) is 11.1. The van der Waals surface area contributed by atoms with Gasteiger partial charge in [-0.15, -0.1) is 0 Å². The van der Waals surface area contributed by atoms with E-state index in [0.29, 0.717) is 23.4 Å². The van der Waals surface area contributed by atoms with Crippen LogP contribution in [0.4, 0.5) is 21.0 Å². The zero-order valence-electron chi connectivity index (χ0n) is 9.96. The molecule has 8 N–H and O–H groups in total. The average Bonchev–Trinajstić information content (AvgIpc) is 2.35. The normalized spacial score (nSPS) is 9.94. The van der Waals surface area contributed by atoms with Crippen LogP contribution >= 0.6 is 0 Å². The Hall–Kier alpha value is -2.32. The second kappa shape index (κ2) is 5.34. The van der Waals surface area contributed by atoms with Gasteiger partial charge in [-0.2, -0.15) is 0 Å². The first kappa shape index (κ1) is 13.7. The molecule has 0 aromatic heterocycles. The Kier molecular flexibility index (Phi) is 4.08. The van der Waals surface area contributed by atoms with Crippen LogP contribution in [0.25, 0.3) is 0 Å². The SMILES string of the molecule is CCc1c(N(N)C(N)=O)cccc1N(N)C(N)=O. The predicted octanol–water partition coefficient (Wildman–Crippen LogP) is -0.233. The number of hydrogen-bond acceptors (Lipinski definition) is 4. The van der Waals surface area contributed by atoms with E-state index in [9.17, 15) is 9.59 Å². The van der Waals surface area contributed by atoms with Gasteiger partial charge in [-0.25, -0.2) is 31.3 Å². The molecule has 0 saturated heterocycles. The molecule has 0 aliphatic heterocycles. The molecule has 0 unspecified atom stereocenters. The number of hydrazine groups is 2. The van der Waals surface area contributed by atoms with E-state index in [-0.39, 0.29) is 0 Å². The topological polar surface area (TPSA) is 145 Å². The Labute approximate surface area is 104 Å². The molecule has 0 atom stereocenters. The fourth-order valence-corrected chi connectivity index (χ4v) is 1.61. The predicted molar refractivity (Wildman–Crippen MR) is 68.3 cm³/mol. The van der Waals surface area contributed by atoms with Crippen LogP contribution in [0.3, 0.4) is 0 Å². The highest BCUT2D eigenvalue weighted by atomic mass is 16.2. The Bertz CT molecular complexity index is 437. The number of nitrogens with zero attached hydrogens (tertiary/aromatic N) is 2. The van der Waals surface area contributed by atoms with Crippen molar-refractivity contribution in [3.63, 3.8) is 0 Å². The van der Waals surface area contributed by atoms with E-state index >= 15 is 0 Å². The van der Waals surface area contributed by atoms with Gasteiger partial charge in [0.2, 0.25) is 0 Å². The quantitative estimate of drug-likeness (QED) is 0.334. The summed E-state index contributed by atoms with van der Waals surface area (Å²) in [5.41, 5.74) is 11.6. The molecule has 0 fully saturated rings.